The van der Waals surface area contributed by atoms with Crippen molar-refractivity contribution in [1.82, 2.24) is 0 Å². The summed E-state index contributed by atoms with van der Waals surface area (Å²) in [4.78, 5) is 15.1. The molecule has 186 valence electrons. The molecule has 0 saturated carbocycles. The molecule has 34 heavy (non-hydrogen) atoms. The Morgan fingerprint density at radius 2 is 1.97 bits per heavy atom. The topological polar surface area (TPSA) is 49.8 Å². The van der Waals surface area contributed by atoms with Crippen LogP contribution in [0.1, 0.15) is 58.9 Å². The van der Waals surface area contributed by atoms with Gasteiger partial charge in [0.05, 0.1) is 12.8 Å². The summed E-state index contributed by atoms with van der Waals surface area (Å²) in [6.45, 7) is 8.81. The first-order chi connectivity index (χ1) is 16.1. The number of thioether (sulfide) groups is 2. The number of ether oxygens (including phenoxy) is 1. The lowest BCUT2D eigenvalue weighted by atomic mass is 9.81. The van der Waals surface area contributed by atoms with Crippen molar-refractivity contribution in [2.45, 2.75) is 68.8 Å². The second-order valence-corrected chi connectivity index (χ2v) is 12.2. The second kappa shape index (κ2) is 11.3. The van der Waals surface area contributed by atoms with Gasteiger partial charge in [-0.3, -0.25) is 4.79 Å². The predicted molar refractivity (Wildman–Crippen MR) is 142 cm³/mol. The number of halogens is 1. The van der Waals surface area contributed by atoms with Crippen molar-refractivity contribution < 1.29 is 19.0 Å². The number of methoxy groups -OCH3 is 1. The molecule has 1 aliphatic rings. The molecule has 4 nitrogen and oxygen atoms in total. The van der Waals surface area contributed by atoms with Crippen molar-refractivity contribution in [2.75, 3.05) is 24.3 Å². The van der Waals surface area contributed by atoms with Crippen LogP contribution in [-0.2, 0) is 10.5 Å². The summed E-state index contributed by atoms with van der Waals surface area (Å²) >= 11 is 3.26. The lowest BCUT2D eigenvalue weighted by Gasteiger charge is -2.37. The summed E-state index contributed by atoms with van der Waals surface area (Å²) in [5.74, 6) is 1.23. The molecule has 3 rings (SSSR count). The number of nitrogens with zero attached hydrogens (tertiary/aromatic N) is 1. The van der Waals surface area contributed by atoms with E-state index in [0.29, 0.717) is 5.75 Å². The van der Waals surface area contributed by atoms with Crippen LogP contribution in [0.15, 0.2) is 41.3 Å². The Morgan fingerprint density at radius 1 is 1.26 bits per heavy atom. The fraction of sp³-hybridized carbons (Fsp3) is 0.519. The third-order valence-electron chi connectivity index (χ3n) is 6.73. The molecule has 2 aromatic rings. The Kier molecular flexibility index (Phi) is 8.85. The Morgan fingerprint density at radius 3 is 2.56 bits per heavy atom. The normalized spacial score (nSPS) is 18.4. The van der Waals surface area contributed by atoms with Crippen LogP contribution in [-0.4, -0.2) is 35.2 Å². The number of unbranched alkanes of at least 4 members (excludes halogenated alkanes) is 1. The maximum Gasteiger partial charge on any atom is 0.319 e. The Bertz CT molecular complexity index is 996. The van der Waals surface area contributed by atoms with E-state index >= 15 is 0 Å². The number of hydrogen-bond donors (Lipinski definition) is 1. The highest BCUT2D eigenvalue weighted by Gasteiger charge is 2.36. The monoisotopic (exact) mass is 505 g/mol. The third-order valence-corrected chi connectivity index (χ3v) is 9.48. The van der Waals surface area contributed by atoms with Crippen LogP contribution in [0, 0.1) is 11.2 Å². The molecule has 1 atom stereocenters. The average Bonchev–Trinajstić information content (AvgIpc) is 2.98. The smallest absolute Gasteiger partial charge is 0.319 e. The zero-order chi connectivity index (χ0) is 24.9. The van der Waals surface area contributed by atoms with Gasteiger partial charge in [-0.15, -0.1) is 23.5 Å². The first kappa shape index (κ1) is 26.7. The summed E-state index contributed by atoms with van der Waals surface area (Å²) in [5, 5.41) is 9.52. The number of carbonyl (C=O) groups is 1. The molecular weight excluding hydrogens is 469 g/mol. The van der Waals surface area contributed by atoms with Gasteiger partial charge in [-0.25, -0.2) is 4.39 Å². The zero-order valence-corrected chi connectivity index (χ0v) is 22.5. The molecule has 2 aromatic carbocycles. The summed E-state index contributed by atoms with van der Waals surface area (Å²) in [6, 6.07) is 11.0. The van der Waals surface area contributed by atoms with E-state index in [1.165, 1.54) is 30.3 Å². The van der Waals surface area contributed by atoms with Crippen LogP contribution in [0.2, 0.25) is 0 Å². The summed E-state index contributed by atoms with van der Waals surface area (Å²) in [7, 11) is 1.65. The number of carboxylic acids is 1. The zero-order valence-electron chi connectivity index (χ0n) is 20.8. The molecule has 1 unspecified atom stereocenters. The van der Waals surface area contributed by atoms with Gasteiger partial charge in [0.25, 0.3) is 0 Å². The quantitative estimate of drug-likeness (QED) is 0.356. The summed E-state index contributed by atoms with van der Waals surface area (Å²) < 4.78 is 18.6. The first-order valence-electron chi connectivity index (χ1n) is 11.9. The van der Waals surface area contributed by atoms with E-state index in [0.717, 1.165) is 59.1 Å². The van der Waals surface area contributed by atoms with Crippen molar-refractivity contribution in [3.63, 3.8) is 0 Å². The van der Waals surface area contributed by atoms with Crippen LogP contribution >= 0.6 is 23.5 Å². The minimum absolute atomic E-state index is 0.140. The molecule has 0 radical (unpaired) electrons. The largest absolute Gasteiger partial charge is 0.496 e. The standard InChI is InChI=1S/C27H36FNO3S2/c1-6-8-13-27(7-2)17-29(21-11-9-20(28)10-12-21)22-15-23(32-5)19(14-24(22)33-18-27)16-34-26(3,4)25(30)31/h9-12,14-15H,6-8,13,16-18H2,1-5H3,(H,30,31). The van der Waals surface area contributed by atoms with Gasteiger partial charge >= 0.3 is 5.97 Å². The highest BCUT2D eigenvalue weighted by molar-refractivity contribution is 8.00. The molecule has 0 aliphatic carbocycles. The number of benzene rings is 2. The molecule has 0 bridgehead atoms. The van der Waals surface area contributed by atoms with Crippen LogP contribution in [0.5, 0.6) is 5.75 Å². The van der Waals surface area contributed by atoms with Crippen LogP contribution in [0.25, 0.3) is 0 Å². The first-order valence-corrected chi connectivity index (χ1v) is 13.9. The van der Waals surface area contributed by atoms with E-state index in [1.54, 1.807) is 21.0 Å². The van der Waals surface area contributed by atoms with E-state index in [2.05, 4.69) is 30.9 Å². The lowest BCUT2D eigenvalue weighted by Crippen LogP contribution is -2.36. The molecule has 1 aliphatic heterocycles. The SMILES string of the molecule is CCCCC1(CC)CSc2cc(CSC(C)(C)C(=O)O)c(OC)cc2N(c2ccc(F)cc2)C1. The number of anilines is 2. The van der Waals surface area contributed by atoms with Crippen molar-refractivity contribution in [1.29, 1.82) is 0 Å². The van der Waals surface area contributed by atoms with Gasteiger partial charge in [0, 0.05) is 40.3 Å². The van der Waals surface area contributed by atoms with E-state index in [4.69, 9.17) is 4.74 Å². The van der Waals surface area contributed by atoms with Crippen molar-refractivity contribution >= 4 is 40.9 Å². The highest BCUT2D eigenvalue weighted by Crippen LogP contribution is 2.49. The van der Waals surface area contributed by atoms with E-state index < -0.39 is 10.7 Å². The van der Waals surface area contributed by atoms with E-state index in [1.807, 2.05) is 23.9 Å². The number of hydrogen-bond acceptors (Lipinski definition) is 5. The molecular formula is C27H36FNO3S2. The number of carboxylic acid groups (broad SMARTS) is 1. The van der Waals surface area contributed by atoms with Gasteiger partial charge in [-0.2, -0.15) is 0 Å². The molecule has 1 heterocycles. The number of aliphatic carboxylic acids is 1. The van der Waals surface area contributed by atoms with Crippen molar-refractivity contribution in [2.24, 2.45) is 5.41 Å². The molecule has 1 N–H and O–H groups in total. The molecule has 0 spiro atoms. The van der Waals surface area contributed by atoms with Gasteiger partial charge < -0.3 is 14.7 Å². The fourth-order valence-corrected chi connectivity index (χ4v) is 6.49. The minimum atomic E-state index is -0.886. The maximum atomic E-state index is 13.7. The lowest BCUT2D eigenvalue weighted by molar-refractivity contribution is -0.138. The molecule has 0 amide bonds. The molecule has 0 fully saturated rings. The van der Waals surface area contributed by atoms with Gasteiger partial charge in [0.1, 0.15) is 16.3 Å². The third kappa shape index (κ3) is 6.03. The van der Waals surface area contributed by atoms with Crippen LogP contribution < -0.4 is 9.64 Å². The van der Waals surface area contributed by atoms with Gasteiger partial charge in [-0.05, 0) is 62.4 Å². The van der Waals surface area contributed by atoms with Gasteiger partial charge in [0.2, 0.25) is 0 Å². The van der Waals surface area contributed by atoms with Crippen molar-refractivity contribution in [3.05, 3.63) is 47.8 Å². The minimum Gasteiger partial charge on any atom is -0.496 e. The number of rotatable bonds is 10. The van der Waals surface area contributed by atoms with Crippen LogP contribution in [0.4, 0.5) is 15.8 Å². The molecule has 0 aromatic heterocycles. The number of fused-ring (bicyclic) bond motifs is 1. The average molecular weight is 506 g/mol. The second-order valence-electron chi connectivity index (χ2n) is 9.54. The summed E-state index contributed by atoms with van der Waals surface area (Å²) in [6.07, 6.45) is 4.55. The van der Waals surface area contributed by atoms with E-state index in [9.17, 15) is 14.3 Å². The Labute approximate surface area is 211 Å². The van der Waals surface area contributed by atoms with Gasteiger partial charge in [-0.1, -0.05) is 26.7 Å². The fourth-order valence-electron chi connectivity index (χ4n) is 4.18. The summed E-state index contributed by atoms with van der Waals surface area (Å²) in [5.41, 5.74) is 3.16. The Balaban J connectivity index is 2.06. The van der Waals surface area contributed by atoms with Crippen LogP contribution in [0.3, 0.4) is 0 Å². The molecule has 0 saturated heterocycles. The van der Waals surface area contributed by atoms with Crippen molar-refractivity contribution in [3.8, 4) is 5.75 Å². The predicted octanol–water partition coefficient (Wildman–Crippen LogP) is 7.76. The van der Waals surface area contributed by atoms with Gasteiger partial charge in [0.15, 0.2) is 0 Å². The van der Waals surface area contributed by atoms with E-state index in [-0.39, 0.29) is 11.2 Å². The molecule has 7 heteroatoms. The maximum absolute atomic E-state index is 13.7. The Hall–Kier alpha value is -1.86. The highest BCUT2D eigenvalue weighted by atomic mass is 32.2.